The van der Waals surface area contributed by atoms with Gasteiger partial charge in [0.05, 0.1) is 12.4 Å². The SMILES string of the molecule is CCC1OC(n2cnc3c(NCc4ccc(O)cc4)ncnc32)C(O)C1O. The monoisotopic (exact) mass is 371 g/mol. The molecule has 3 heterocycles. The number of fused-ring (bicyclic) bond motifs is 1. The number of imidazole rings is 1. The molecular formula is C18H21N5O4. The lowest BCUT2D eigenvalue weighted by molar-refractivity contribution is -0.0355. The lowest BCUT2D eigenvalue weighted by Crippen LogP contribution is -2.31. The van der Waals surface area contributed by atoms with Crippen molar-refractivity contribution in [3.05, 3.63) is 42.5 Å². The molecule has 3 aromatic rings. The number of nitrogens with one attached hydrogen (secondary N) is 1. The molecule has 4 N–H and O–H groups in total. The van der Waals surface area contributed by atoms with Gasteiger partial charge in [-0.1, -0.05) is 19.1 Å². The normalized spacial score (nSPS) is 25.1. The topological polar surface area (TPSA) is 126 Å². The van der Waals surface area contributed by atoms with Gasteiger partial charge in [0.2, 0.25) is 0 Å². The van der Waals surface area contributed by atoms with Gasteiger partial charge < -0.3 is 25.4 Å². The van der Waals surface area contributed by atoms with E-state index in [9.17, 15) is 15.3 Å². The molecule has 1 saturated heterocycles. The molecule has 0 radical (unpaired) electrons. The maximum atomic E-state index is 10.3. The lowest BCUT2D eigenvalue weighted by atomic mass is 10.1. The predicted molar refractivity (Wildman–Crippen MR) is 97.0 cm³/mol. The number of nitrogens with zero attached hydrogens (tertiary/aromatic N) is 4. The number of phenols is 1. The standard InChI is InChI=1S/C18H21N5O4/c1-2-12-14(25)15(26)18(27-12)23-9-22-13-16(20-8-21-17(13)23)19-7-10-3-5-11(24)6-4-10/h3-6,8-9,12,14-15,18,24-26H,2,7H2,1H3,(H,19,20,21). The molecule has 0 saturated carbocycles. The van der Waals surface area contributed by atoms with E-state index in [0.29, 0.717) is 29.9 Å². The van der Waals surface area contributed by atoms with Crippen molar-refractivity contribution in [2.75, 3.05) is 5.32 Å². The second-order valence-corrected chi connectivity index (χ2v) is 6.52. The highest BCUT2D eigenvalue weighted by atomic mass is 16.6. The first-order valence-corrected chi connectivity index (χ1v) is 8.79. The quantitative estimate of drug-likeness (QED) is 0.527. The van der Waals surface area contributed by atoms with Gasteiger partial charge in [-0.05, 0) is 24.1 Å². The molecule has 1 aliphatic heterocycles. The molecule has 0 bridgehead atoms. The molecule has 4 rings (SSSR count). The Bertz CT molecular complexity index is 929. The highest BCUT2D eigenvalue weighted by molar-refractivity contribution is 5.82. The molecule has 2 aromatic heterocycles. The fraction of sp³-hybridized carbons (Fsp3) is 0.389. The first-order valence-electron chi connectivity index (χ1n) is 8.79. The van der Waals surface area contributed by atoms with Crippen LogP contribution in [0.1, 0.15) is 25.1 Å². The van der Waals surface area contributed by atoms with Gasteiger partial charge in [-0.25, -0.2) is 15.0 Å². The zero-order valence-electron chi connectivity index (χ0n) is 14.7. The predicted octanol–water partition coefficient (Wildman–Crippen LogP) is 1.17. The van der Waals surface area contributed by atoms with Gasteiger partial charge in [0.25, 0.3) is 0 Å². The summed E-state index contributed by atoms with van der Waals surface area (Å²) in [7, 11) is 0. The third-order valence-corrected chi connectivity index (χ3v) is 4.77. The molecule has 1 aromatic carbocycles. The molecule has 9 nitrogen and oxygen atoms in total. The molecular weight excluding hydrogens is 350 g/mol. The highest BCUT2D eigenvalue weighted by Gasteiger charge is 2.43. The Labute approximate surface area is 155 Å². The van der Waals surface area contributed by atoms with E-state index in [4.69, 9.17) is 4.74 Å². The zero-order chi connectivity index (χ0) is 19.0. The maximum absolute atomic E-state index is 10.3. The third-order valence-electron chi connectivity index (χ3n) is 4.77. The van der Waals surface area contributed by atoms with Gasteiger partial charge >= 0.3 is 0 Å². The van der Waals surface area contributed by atoms with Crippen LogP contribution in [0.15, 0.2) is 36.9 Å². The minimum atomic E-state index is -1.06. The van der Waals surface area contributed by atoms with Crippen LogP contribution in [0.3, 0.4) is 0 Å². The number of hydrogen-bond donors (Lipinski definition) is 4. The number of aliphatic hydroxyl groups excluding tert-OH is 2. The minimum Gasteiger partial charge on any atom is -0.508 e. The summed E-state index contributed by atoms with van der Waals surface area (Å²) in [6.45, 7) is 2.39. The van der Waals surface area contributed by atoms with Crippen LogP contribution in [0, 0.1) is 0 Å². The van der Waals surface area contributed by atoms with Crippen molar-refractivity contribution >= 4 is 17.0 Å². The molecule has 0 aliphatic carbocycles. The number of aromatic nitrogens is 4. The van der Waals surface area contributed by atoms with E-state index in [0.717, 1.165) is 5.56 Å². The summed E-state index contributed by atoms with van der Waals surface area (Å²) >= 11 is 0. The van der Waals surface area contributed by atoms with Crippen molar-refractivity contribution < 1.29 is 20.1 Å². The number of aromatic hydroxyl groups is 1. The van der Waals surface area contributed by atoms with Crippen LogP contribution in [-0.2, 0) is 11.3 Å². The van der Waals surface area contributed by atoms with Crippen LogP contribution < -0.4 is 5.32 Å². The largest absolute Gasteiger partial charge is 0.508 e. The van der Waals surface area contributed by atoms with Crippen LogP contribution in [0.2, 0.25) is 0 Å². The van der Waals surface area contributed by atoms with Crippen molar-refractivity contribution in [1.82, 2.24) is 19.5 Å². The van der Waals surface area contributed by atoms with Crippen LogP contribution in [0.5, 0.6) is 5.75 Å². The van der Waals surface area contributed by atoms with Crippen LogP contribution in [-0.4, -0.2) is 53.2 Å². The molecule has 9 heteroatoms. The lowest BCUT2D eigenvalue weighted by Gasteiger charge is -2.16. The van der Waals surface area contributed by atoms with Crippen LogP contribution >= 0.6 is 0 Å². The van der Waals surface area contributed by atoms with Gasteiger partial charge in [-0.15, -0.1) is 0 Å². The Hall–Kier alpha value is -2.75. The Kier molecular flexibility index (Phi) is 4.65. The smallest absolute Gasteiger partial charge is 0.167 e. The summed E-state index contributed by atoms with van der Waals surface area (Å²) in [4.78, 5) is 12.9. The summed E-state index contributed by atoms with van der Waals surface area (Å²) in [6, 6.07) is 6.87. The molecule has 27 heavy (non-hydrogen) atoms. The first kappa shape index (κ1) is 17.7. The Morgan fingerprint density at radius 1 is 1.11 bits per heavy atom. The summed E-state index contributed by atoms with van der Waals surface area (Å²) < 4.78 is 7.40. The Balaban J connectivity index is 1.59. The molecule has 1 aliphatic rings. The summed E-state index contributed by atoms with van der Waals surface area (Å²) in [5.41, 5.74) is 2.02. The van der Waals surface area contributed by atoms with E-state index in [-0.39, 0.29) is 5.75 Å². The first-order chi connectivity index (χ1) is 13.1. The van der Waals surface area contributed by atoms with Gasteiger partial charge in [-0.3, -0.25) is 4.57 Å². The van der Waals surface area contributed by atoms with Gasteiger partial charge in [0.1, 0.15) is 24.3 Å². The summed E-state index contributed by atoms with van der Waals surface area (Å²) in [5.74, 6) is 0.761. The van der Waals surface area contributed by atoms with Crippen molar-refractivity contribution in [2.45, 2.75) is 44.4 Å². The molecule has 4 atom stereocenters. The maximum Gasteiger partial charge on any atom is 0.167 e. The number of anilines is 1. The van der Waals surface area contributed by atoms with Gasteiger partial charge in [0.15, 0.2) is 23.2 Å². The fourth-order valence-electron chi connectivity index (χ4n) is 3.26. The Morgan fingerprint density at radius 2 is 1.89 bits per heavy atom. The summed E-state index contributed by atoms with van der Waals surface area (Å²) in [6.07, 6.45) is 0.335. The van der Waals surface area contributed by atoms with Gasteiger partial charge in [0, 0.05) is 6.54 Å². The molecule has 0 amide bonds. The van der Waals surface area contributed by atoms with E-state index >= 15 is 0 Å². The van der Waals surface area contributed by atoms with E-state index in [1.165, 1.54) is 12.7 Å². The average Bonchev–Trinajstić information content (AvgIpc) is 3.23. The number of hydrogen-bond acceptors (Lipinski definition) is 8. The average molecular weight is 371 g/mol. The number of phenolic OH excluding ortho intramolecular Hbond substituents is 1. The zero-order valence-corrected chi connectivity index (χ0v) is 14.7. The molecule has 4 unspecified atom stereocenters. The summed E-state index contributed by atoms with van der Waals surface area (Å²) in [5, 5.41) is 33.0. The second-order valence-electron chi connectivity index (χ2n) is 6.52. The minimum absolute atomic E-state index is 0.213. The molecule has 1 fully saturated rings. The number of benzene rings is 1. The van der Waals surface area contributed by atoms with Crippen molar-refractivity contribution in [2.24, 2.45) is 0 Å². The van der Waals surface area contributed by atoms with Crippen molar-refractivity contribution in [3.63, 3.8) is 0 Å². The van der Waals surface area contributed by atoms with Gasteiger partial charge in [-0.2, -0.15) is 0 Å². The van der Waals surface area contributed by atoms with Crippen LogP contribution in [0.25, 0.3) is 11.2 Å². The molecule has 142 valence electrons. The van der Waals surface area contributed by atoms with E-state index < -0.39 is 24.5 Å². The number of ether oxygens (including phenoxy) is 1. The second kappa shape index (κ2) is 7.10. The Morgan fingerprint density at radius 3 is 2.59 bits per heavy atom. The van der Waals surface area contributed by atoms with E-state index in [1.54, 1.807) is 16.7 Å². The molecule has 0 spiro atoms. The van der Waals surface area contributed by atoms with E-state index in [2.05, 4.69) is 20.3 Å². The van der Waals surface area contributed by atoms with Crippen LogP contribution in [0.4, 0.5) is 5.82 Å². The highest BCUT2D eigenvalue weighted by Crippen LogP contribution is 2.33. The third kappa shape index (κ3) is 3.20. The number of aliphatic hydroxyl groups is 2. The number of rotatable bonds is 5. The van der Waals surface area contributed by atoms with E-state index in [1.807, 2.05) is 19.1 Å². The van der Waals surface area contributed by atoms with Crippen molar-refractivity contribution in [1.29, 1.82) is 0 Å². The van der Waals surface area contributed by atoms with Crippen molar-refractivity contribution in [3.8, 4) is 5.75 Å². The fourth-order valence-corrected chi connectivity index (χ4v) is 3.26.